The van der Waals surface area contributed by atoms with Crippen molar-refractivity contribution < 1.29 is 9.90 Å². The normalized spacial score (nSPS) is 14.7. The molecule has 5 heteroatoms. The summed E-state index contributed by atoms with van der Waals surface area (Å²) in [4.78, 5) is 11.1. The first kappa shape index (κ1) is 11.0. The molecule has 0 amide bonds. The number of aryl methyl sites for hydroxylation is 1. The first-order chi connectivity index (χ1) is 7.59. The number of aromatic nitrogens is 2. The van der Waals surface area contributed by atoms with Crippen LogP contribution in [0.1, 0.15) is 36.3 Å². The highest BCUT2D eigenvalue weighted by atomic mass is 16.4. The molecule has 0 saturated heterocycles. The molecule has 0 aliphatic carbocycles. The lowest BCUT2D eigenvalue weighted by atomic mass is 10.0. The van der Waals surface area contributed by atoms with E-state index in [9.17, 15) is 4.79 Å². The van der Waals surface area contributed by atoms with Crippen LogP contribution in [0.3, 0.4) is 0 Å². The molecule has 88 valence electrons. The quantitative estimate of drug-likeness (QED) is 0.816. The first-order valence-electron chi connectivity index (χ1n) is 5.66. The number of fused-ring (bicyclic) bond motifs is 1. The van der Waals surface area contributed by atoms with Gasteiger partial charge in [0.25, 0.3) is 0 Å². The van der Waals surface area contributed by atoms with Gasteiger partial charge in [0.05, 0.1) is 0 Å². The fourth-order valence-electron chi connectivity index (χ4n) is 2.07. The minimum atomic E-state index is -0.931. The first-order valence-corrected chi connectivity index (χ1v) is 5.66. The second-order valence-corrected chi connectivity index (χ2v) is 4.58. The van der Waals surface area contributed by atoms with Crippen LogP contribution in [0.5, 0.6) is 0 Å². The van der Waals surface area contributed by atoms with Gasteiger partial charge in [-0.2, -0.15) is 5.10 Å². The average molecular weight is 223 g/mol. The second kappa shape index (κ2) is 4.15. The van der Waals surface area contributed by atoms with Gasteiger partial charge in [-0.3, -0.25) is 0 Å². The van der Waals surface area contributed by atoms with Crippen LogP contribution in [0, 0.1) is 5.92 Å². The number of carboxylic acids is 1. The Hall–Kier alpha value is -1.52. The molecule has 2 heterocycles. The van der Waals surface area contributed by atoms with Crippen molar-refractivity contribution in [3.05, 3.63) is 11.3 Å². The topological polar surface area (TPSA) is 67.1 Å². The number of rotatable bonds is 3. The Kier molecular flexibility index (Phi) is 2.85. The summed E-state index contributed by atoms with van der Waals surface area (Å²) in [5.41, 5.74) is 1.06. The van der Waals surface area contributed by atoms with Crippen LogP contribution in [0.25, 0.3) is 0 Å². The molecule has 1 aliphatic heterocycles. The molecule has 1 aliphatic rings. The molecule has 5 nitrogen and oxygen atoms in total. The van der Waals surface area contributed by atoms with Crippen molar-refractivity contribution in [2.45, 2.75) is 33.2 Å². The van der Waals surface area contributed by atoms with Crippen molar-refractivity contribution >= 4 is 11.8 Å². The van der Waals surface area contributed by atoms with Crippen molar-refractivity contribution in [1.82, 2.24) is 9.78 Å². The number of aromatic carboxylic acids is 1. The van der Waals surface area contributed by atoms with Crippen molar-refractivity contribution in [1.29, 1.82) is 0 Å². The molecular weight excluding hydrogens is 206 g/mol. The number of carbonyl (C=O) groups is 1. The summed E-state index contributed by atoms with van der Waals surface area (Å²) in [6, 6.07) is 0. The highest BCUT2D eigenvalue weighted by Crippen LogP contribution is 2.25. The number of carboxylic acid groups (broad SMARTS) is 1. The maximum atomic E-state index is 11.1. The Morgan fingerprint density at radius 2 is 2.38 bits per heavy atom. The maximum Gasteiger partial charge on any atom is 0.356 e. The van der Waals surface area contributed by atoms with E-state index in [0.717, 1.165) is 37.3 Å². The van der Waals surface area contributed by atoms with Crippen LogP contribution in [-0.4, -0.2) is 27.4 Å². The molecule has 0 fully saturated rings. The molecule has 0 spiro atoms. The minimum absolute atomic E-state index is 0.207. The van der Waals surface area contributed by atoms with Gasteiger partial charge in [0.15, 0.2) is 5.69 Å². The summed E-state index contributed by atoms with van der Waals surface area (Å²) in [5, 5.41) is 16.5. The van der Waals surface area contributed by atoms with Crippen LogP contribution in [0.2, 0.25) is 0 Å². The van der Waals surface area contributed by atoms with Gasteiger partial charge in [0.1, 0.15) is 5.82 Å². The molecule has 0 unspecified atom stereocenters. The van der Waals surface area contributed by atoms with E-state index in [-0.39, 0.29) is 5.69 Å². The Bertz CT molecular complexity index is 410. The van der Waals surface area contributed by atoms with Gasteiger partial charge in [-0.15, -0.1) is 0 Å². The number of hydrogen-bond donors (Lipinski definition) is 2. The Balaban J connectivity index is 2.44. The van der Waals surface area contributed by atoms with E-state index in [2.05, 4.69) is 24.3 Å². The Morgan fingerprint density at radius 1 is 1.62 bits per heavy atom. The van der Waals surface area contributed by atoms with Gasteiger partial charge < -0.3 is 10.4 Å². The third-order valence-electron chi connectivity index (χ3n) is 2.70. The molecule has 1 aromatic heterocycles. The summed E-state index contributed by atoms with van der Waals surface area (Å²) in [5.74, 6) is 0.396. The molecule has 1 aromatic rings. The lowest BCUT2D eigenvalue weighted by Crippen LogP contribution is -2.18. The molecule has 16 heavy (non-hydrogen) atoms. The van der Waals surface area contributed by atoms with E-state index in [1.807, 2.05) is 0 Å². The van der Waals surface area contributed by atoms with Crippen molar-refractivity contribution in [2.24, 2.45) is 5.92 Å². The molecule has 0 aromatic carbocycles. The standard InChI is InChI=1S/C11H17N3O2/c1-7(2)6-8-9(11(15)16)13-14-5-3-4-12-10(8)14/h7,12H,3-6H2,1-2H3,(H,15,16). The highest BCUT2D eigenvalue weighted by Gasteiger charge is 2.24. The highest BCUT2D eigenvalue weighted by molar-refractivity contribution is 5.89. The number of anilines is 1. The van der Waals surface area contributed by atoms with Crippen LogP contribution >= 0.6 is 0 Å². The monoisotopic (exact) mass is 223 g/mol. The number of nitrogens with one attached hydrogen (secondary N) is 1. The van der Waals surface area contributed by atoms with Crippen molar-refractivity contribution in [2.75, 3.05) is 11.9 Å². The van der Waals surface area contributed by atoms with E-state index in [0.29, 0.717) is 5.92 Å². The second-order valence-electron chi connectivity index (χ2n) is 4.58. The Morgan fingerprint density at radius 3 is 3.00 bits per heavy atom. The molecule has 0 bridgehead atoms. The summed E-state index contributed by atoms with van der Waals surface area (Å²) >= 11 is 0. The van der Waals surface area contributed by atoms with E-state index >= 15 is 0 Å². The van der Waals surface area contributed by atoms with Crippen molar-refractivity contribution in [3.63, 3.8) is 0 Å². The molecule has 2 rings (SSSR count). The fraction of sp³-hybridized carbons (Fsp3) is 0.636. The predicted octanol–water partition coefficient (Wildman–Crippen LogP) is 1.60. The molecule has 0 atom stereocenters. The summed E-state index contributed by atoms with van der Waals surface area (Å²) < 4.78 is 1.78. The van der Waals surface area contributed by atoms with Gasteiger partial charge in [-0.1, -0.05) is 13.8 Å². The maximum absolute atomic E-state index is 11.1. The summed E-state index contributed by atoms with van der Waals surface area (Å²) in [6.07, 6.45) is 1.75. The summed E-state index contributed by atoms with van der Waals surface area (Å²) in [6.45, 7) is 5.87. The fourth-order valence-corrected chi connectivity index (χ4v) is 2.07. The van der Waals surface area contributed by atoms with E-state index in [1.165, 1.54) is 0 Å². The van der Waals surface area contributed by atoms with Gasteiger partial charge in [0, 0.05) is 18.7 Å². The predicted molar refractivity (Wildman–Crippen MR) is 60.8 cm³/mol. The van der Waals surface area contributed by atoms with Crippen LogP contribution in [-0.2, 0) is 13.0 Å². The van der Waals surface area contributed by atoms with Gasteiger partial charge in [0.2, 0.25) is 0 Å². The largest absolute Gasteiger partial charge is 0.476 e. The zero-order valence-corrected chi connectivity index (χ0v) is 9.66. The van der Waals surface area contributed by atoms with E-state index in [4.69, 9.17) is 5.11 Å². The number of nitrogens with zero attached hydrogens (tertiary/aromatic N) is 2. The zero-order valence-electron chi connectivity index (χ0n) is 9.66. The lowest BCUT2D eigenvalue weighted by molar-refractivity contribution is 0.0688. The lowest BCUT2D eigenvalue weighted by Gasteiger charge is -2.17. The summed E-state index contributed by atoms with van der Waals surface area (Å²) in [7, 11) is 0. The van der Waals surface area contributed by atoms with Crippen molar-refractivity contribution in [3.8, 4) is 0 Å². The minimum Gasteiger partial charge on any atom is -0.476 e. The third kappa shape index (κ3) is 1.89. The number of hydrogen-bond acceptors (Lipinski definition) is 3. The van der Waals surface area contributed by atoms with Gasteiger partial charge in [-0.25, -0.2) is 9.48 Å². The average Bonchev–Trinajstić information content (AvgIpc) is 2.57. The molecule has 0 saturated carbocycles. The van der Waals surface area contributed by atoms with E-state index < -0.39 is 5.97 Å². The van der Waals surface area contributed by atoms with Crippen LogP contribution in [0.15, 0.2) is 0 Å². The van der Waals surface area contributed by atoms with Gasteiger partial charge >= 0.3 is 5.97 Å². The Labute approximate surface area is 94.5 Å². The van der Waals surface area contributed by atoms with Gasteiger partial charge in [-0.05, 0) is 18.8 Å². The molecular formula is C11H17N3O2. The van der Waals surface area contributed by atoms with Crippen LogP contribution in [0.4, 0.5) is 5.82 Å². The molecule has 0 radical (unpaired) electrons. The molecule has 2 N–H and O–H groups in total. The zero-order chi connectivity index (χ0) is 11.7. The third-order valence-corrected chi connectivity index (χ3v) is 2.70. The van der Waals surface area contributed by atoms with Crippen LogP contribution < -0.4 is 5.32 Å². The smallest absolute Gasteiger partial charge is 0.356 e. The van der Waals surface area contributed by atoms with E-state index in [1.54, 1.807) is 4.68 Å². The SMILES string of the molecule is CC(C)Cc1c(C(=O)O)nn2c1NCCC2.